The Morgan fingerprint density at radius 1 is 1.36 bits per heavy atom. The minimum Gasteiger partial charge on any atom is -0.365 e. The topological polar surface area (TPSA) is 26.3 Å². The van der Waals surface area contributed by atoms with Crippen LogP contribution in [-0.2, 0) is 9.53 Å². The van der Waals surface area contributed by atoms with Crippen LogP contribution in [0, 0.1) is 5.92 Å². The molecule has 80 valence electrons. The first-order chi connectivity index (χ1) is 6.61. The lowest BCUT2D eigenvalue weighted by atomic mass is 9.88. The van der Waals surface area contributed by atoms with Gasteiger partial charge in [0.1, 0.15) is 6.10 Å². The van der Waals surface area contributed by atoms with E-state index in [9.17, 15) is 4.79 Å². The Morgan fingerprint density at radius 3 is 2.43 bits per heavy atom. The second kappa shape index (κ2) is 4.74. The lowest BCUT2D eigenvalue weighted by Crippen LogP contribution is -2.37. The molecule has 0 aromatic rings. The molecule has 14 heavy (non-hydrogen) atoms. The normalized spacial score (nSPS) is 23.5. The van der Waals surface area contributed by atoms with Crippen molar-refractivity contribution in [3.63, 3.8) is 0 Å². The molecule has 0 spiro atoms. The maximum atomic E-state index is 11.9. The molecule has 0 bridgehead atoms. The van der Waals surface area contributed by atoms with Gasteiger partial charge in [0.25, 0.3) is 0 Å². The molecular formula is C12H20O2. The van der Waals surface area contributed by atoms with E-state index in [4.69, 9.17) is 4.74 Å². The maximum Gasteiger partial charge on any atom is 0.187 e. The minimum absolute atomic E-state index is 0.186. The van der Waals surface area contributed by atoms with Gasteiger partial charge in [-0.25, -0.2) is 0 Å². The molecule has 1 unspecified atom stereocenters. The fourth-order valence-corrected chi connectivity index (χ4v) is 1.89. The van der Waals surface area contributed by atoms with Gasteiger partial charge in [0.05, 0.1) is 6.61 Å². The van der Waals surface area contributed by atoms with Crippen LogP contribution >= 0.6 is 0 Å². The van der Waals surface area contributed by atoms with Crippen LogP contribution in [0.3, 0.4) is 0 Å². The molecule has 1 aliphatic rings. The molecule has 0 aliphatic carbocycles. The first kappa shape index (κ1) is 11.4. The average molecular weight is 196 g/mol. The molecule has 0 aromatic carbocycles. The largest absolute Gasteiger partial charge is 0.365 e. The Labute approximate surface area is 86.3 Å². The highest BCUT2D eigenvalue weighted by Gasteiger charge is 2.31. The van der Waals surface area contributed by atoms with E-state index < -0.39 is 0 Å². The zero-order valence-corrected chi connectivity index (χ0v) is 9.59. The number of ether oxygens (including phenoxy) is 1. The van der Waals surface area contributed by atoms with E-state index in [0.29, 0.717) is 12.5 Å². The predicted molar refractivity (Wildman–Crippen MR) is 57.2 cm³/mol. The first-order valence-corrected chi connectivity index (χ1v) is 5.43. The van der Waals surface area contributed by atoms with Crippen LogP contribution in [0.25, 0.3) is 0 Å². The van der Waals surface area contributed by atoms with E-state index in [1.165, 1.54) is 0 Å². The standard InChI is InChI=1S/C12H20O2/c1-5-10(6-2)12-11(13)9(4)8(3)7-14-12/h10,12H,5-7H2,1-4H3. The zero-order valence-electron chi connectivity index (χ0n) is 9.59. The second-order valence-electron chi connectivity index (χ2n) is 4.08. The monoisotopic (exact) mass is 196 g/mol. The van der Waals surface area contributed by atoms with Crippen molar-refractivity contribution in [2.24, 2.45) is 5.92 Å². The Morgan fingerprint density at radius 2 is 1.93 bits per heavy atom. The number of hydrogen-bond donors (Lipinski definition) is 0. The molecule has 0 saturated heterocycles. The van der Waals surface area contributed by atoms with Crippen molar-refractivity contribution in [2.75, 3.05) is 6.61 Å². The summed E-state index contributed by atoms with van der Waals surface area (Å²) in [6.45, 7) is 8.74. The van der Waals surface area contributed by atoms with Gasteiger partial charge in [0, 0.05) is 0 Å². The van der Waals surface area contributed by atoms with Gasteiger partial charge in [0.2, 0.25) is 0 Å². The van der Waals surface area contributed by atoms with Crippen LogP contribution in [-0.4, -0.2) is 18.5 Å². The quantitative estimate of drug-likeness (QED) is 0.693. The van der Waals surface area contributed by atoms with E-state index in [1.54, 1.807) is 0 Å². The van der Waals surface area contributed by atoms with Crippen LogP contribution < -0.4 is 0 Å². The van der Waals surface area contributed by atoms with Crippen molar-refractivity contribution >= 4 is 5.78 Å². The van der Waals surface area contributed by atoms with Crippen molar-refractivity contribution < 1.29 is 9.53 Å². The van der Waals surface area contributed by atoms with Crippen LogP contribution in [0.4, 0.5) is 0 Å². The number of hydrogen-bond acceptors (Lipinski definition) is 2. The third kappa shape index (κ3) is 2.06. The summed E-state index contributed by atoms with van der Waals surface area (Å²) in [6.07, 6.45) is 1.84. The van der Waals surface area contributed by atoms with Gasteiger partial charge < -0.3 is 4.74 Å². The van der Waals surface area contributed by atoms with Gasteiger partial charge in [-0.1, -0.05) is 26.7 Å². The molecule has 0 aromatic heterocycles. The summed E-state index contributed by atoms with van der Waals surface area (Å²) in [5.41, 5.74) is 1.99. The molecule has 1 aliphatic heterocycles. The van der Waals surface area contributed by atoms with Crippen LogP contribution in [0.2, 0.25) is 0 Å². The van der Waals surface area contributed by atoms with E-state index in [1.807, 2.05) is 13.8 Å². The highest BCUT2D eigenvalue weighted by molar-refractivity contribution is 5.99. The summed E-state index contributed by atoms with van der Waals surface area (Å²) in [6, 6.07) is 0. The van der Waals surface area contributed by atoms with Crippen molar-refractivity contribution in [3.8, 4) is 0 Å². The zero-order chi connectivity index (χ0) is 10.7. The summed E-state index contributed by atoms with van der Waals surface area (Å²) in [7, 11) is 0. The Bertz CT molecular complexity index is 249. The Kier molecular flexibility index (Phi) is 3.87. The number of carbonyl (C=O) groups is 1. The highest BCUT2D eigenvalue weighted by atomic mass is 16.5. The van der Waals surface area contributed by atoms with Crippen molar-refractivity contribution in [1.82, 2.24) is 0 Å². The van der Waals surface area contributed by atoms with Crippen molar-refractivity contribution in [3.05, 3.63) is 11.1 Å². The fourth-order valence-electron chi connectivity index (χ4n) is 1.89. The number of ketones is 1. The Balaban J connectivity index is 2.80. The summed E-state index contributed by atoms with van der Waals surface area (Å²) in [5.74, 6) is 0.577. The molecule has 0 amide bonds. The SMILES string of the molecule is CCC(CC)C1OCC(C)=C(C)C1=O. The van der Waals surface area contributed by atoms with Crippen LogP contribution in [0.1, 0.15) is 40.5 Å². The summed E-state index contributed by atoms with van der Waals surface area (Å²) in [5, 5.41) is 0. The van der Waals surface area contributed by atoms with Gasteiger partial charge in [-0.3, -0.25) is 4.79 Å². The smallest absolute Gasteiger partial charge is 0.187 e. The first-order valence-electron chi connectivity index (χ1n) is 5.43. The van der Waals surface area contributed by atoms with E-state index in [2.05, 4.69) is 13.8 Å². The van der Waals surface area contributed by atoms with Crippen molar-refractivity contribution in [1.29, 1.82) is 0 Å². The van der Waals surface area contributed by atoms with E-state index >= 15 is 0 Å². The molecular weight excluding hydrogens is 176 g/mol. The molecule has 0 saturated carbocycles. The maximum absolute atomic E-state index is 11.9. The highest BCUT2D eigenvalue weighted by Crippen LogP contribution is 2.25. The van der Waals surface area contributed by atoms with Gasteiger partial charge in [-0.2, -0.15) is 0 Å². The van der Waals surface area contributed by atoms with E-state index in [-0.39, 0.29) is 11.9 Å². The van der Waals surface area contributed by atoms with Gasteiger partial charge in [0.15, 0.2) is 5.78 Å². The fraction of sp³-hybridized carbons (Fsp3) is 0.750. The van der Waals surface area contributed by atoms with Gasteiger partial charge in [-0.15, -0.1) is 0 Å². The molecule has 0 fully saturated rings. The summed E-state index contributed by atoms with van der Waals surface area (Å²) < 4.78 is 5.61. The molecule has 1 rings (SSSR count). The van der Waals surface area contributed by atoms with Crippen LogP contribution in [0.15, 0.2) is 11.1 Å². The molecule has 0 radical (unpaired) electrons. The molecule has 2 heteroatoms. The molecule has 0 N–H and O–H groups in total. The Hall–Kier alpha value is -0.630. The number of carbonyl (C=O) groups excluding carboxylic acids is 1. The van der Waals surface area contributed by atoms with Gasteiger partial charge in [-0.05, 0) is 30.9 Å². The van der Waals surface area contributed by atoms with Crippen LogP contribution in [0.5, 0.6) is 0 Å². The summed E-state index contributed by atoms with van der Waals surface area (Å²) in [4.78, 5) is 11.9. The number of rotatable bonds is 3. The molecule has 1 atom stereocenters. The van der Waals surface area contributed by atoms with E-state index in [0.717, 1.165) is 24.0 Å². The number of Topliss-reactive ketones (excluding diaryl/α,β-unsaturated/α-hetero) is 1. The van der Waals surface area contributed by atoms with Gasteiger partial charge >= 0.3 is 0 Å². The molecule has 2 nitrogen and oxygen atoms in total. The molecule has 1 heterocycles. The average Bonchev–Trinajstić information content (AvgIpc) is 2.19. The lowest BCUT2D eigenvalue weighted by Gasteiger charge is -2.29. The predicted octanol–water partition coefficient (Wildman–Crippen LogP) is 2.73. The lowest BCUT2D eigenvalue weighted by molar-refractivity contribution is -0.131. The second-order valence-corrected chi connectivity index (χ2v) is 4.08. The third-order valence-electron chi connectivity index (χ3n) is 3.22. The third-order valence-corrected chi connectivity index (χ3v) is 3.22. The minimum atomic E-state index is -0.186. The summed E-state index contributed by atoms with van der Waals surface area (Å²) >= 11 is 0. The van der Waals surface area contributed by atoms with Crippen molar-refractivity contribution in [2.45, 2.75) is 46.6 Å².